The van der Waals surface area contributed by atoms with Crippen LogP contribution in [0.5, 0.6) is 0 Å². The van der Waals surface area contributed by atoms with Crippen molar-refractivity contribution in [3.05, 3.63) is 0 Å². The normalized spacial score (nSPS) is 31.1. The fourth-order valence-corrected chi connectivity index (χ4v) is 3.64. The molecule has 1 saturated carbocycles. The van der Waals surface area contributed by atoms with Gasteiger partial charge in [0, 0.05) is 19.8 Å². The summed E-state index contributed by atoms with van der Waals surface area (Å²) in [5.74, 6) is 1.68. The minimum atomic E-state index is 0.490. The van der Waals surface area contributed by atoms with Crippen molar-refractivity contribution < 1.29 is 4.74 Å². The summed E-state index contributed by atoms with van der Waals surface area (Å²) in [7, 11) is 0. The van der Waals surface area contributed by atoms with Crippen molar-refractivity contribution in [3.63, 3.8) is 0 Å². The zero-order chi connectivity index (χ0) is 13.7. The van der Waals surface area contributed by atoms with Crippen LogP contribution in [0.1, 0.15) is 59.3 Å². The number of hydrogen-bond acceptors (Lipinski definition) is 2. The first-order chi connectivity index (χ1) is 9.14. The topological polar surface area (TPSA) is 12.5 Å². The van der Waals surface area contributed by atoms with Crippen molar-refractivity contribution in [1.82, 2.24) is 4.90 Å². The molecule has 2 nitrogen and oxygen atoms in total. The molecule has 1 aliphatic carbocycles. The zero-order valence-electron chi connectivity index (χ0n) is 13.3. The average molecular weight is 267 g/mol. The molecule has 0 unspecified atom stereocenters. The number of piperidine rings is 1. The summed E-state index contributed by atoms with van der Waals surface area (Å²) in [4.78, 5) is 2.70. The first kappa shape index (κ1) is 15.3. The molecule has 0 N–H and O–H groups in total. The number of unbranched alkanes of at least 4 members (excludes halogenated alkanes) is 1. The van der Waals surface area contributed by atoms with E-state index in [0.29, 0.717) is 5.41 Å². The van der Waals surface area contributed by atoms with Crippen LogP contribution >= 0.6 is 0 Å². The van der Waals surface area contributed by atoms with Crippen LogP contribution in [0.25, 0.3) is 0 Å². The maximum absolute atomic E-state index is 5.84. The third kappa shape index (κ3) is 3.95. The van der Waals surface area contributed by atoms with Crippen molar-refractivity contribution >= 4 is 0 Å². The molecule has 2 rings (SSSR count). The van der Waals surface area contributed by atoms with Gasteiger partial charge >= 0.3 is 0 Å². The third-order valence-corrected chi connectivity index (χ3v) is 5.56. The minimum Gasteiger partial charge on any atom is -0.381 e. The summed E-state index contributed by atoms with van der Waals surface area (Å²) >= 11 is 0. The fourth-order valence-electron chi connectivity index (χ4n) is 3.64. The summed E-state index contributed by atoms with van der Waals surface area (Å²) < 4.78 is 5.84. The highest BCUT2D eigenvalue weighted by Crippen LogP contribution is 2.51. The van der Waals surface area contributed by atoms with Crippen molar-refractivity contribution in [1.29, 1.82) is 0 Å². The Balaban J connectivity index is 1.67. The summed E-state index contributed by atoms with van der Waals surface area (Å²) in [6.45, 7) is 13.1. The van der Waals surface area contributed by atoms with Gasteiger partial charge in [-0.1, -0.05) is 33.6 Å². The van der Waals surface area contributed by atoms with Gasteiger partial charge < -0.3 is 9.64 Å². The molecule has 0 spiro atoms. The highest BCUT2D eigenvalue weighted by molar-refractivity contribution is 4.97. The molecule has 0 radical (unpaired) electrons. The standard InChI is InChI=1S/C17H33NO/c1-4-5-11-19-14-16-12-15(17(16,2)3)13-18-9-7-6-8-10-18/h15-16H,4-14H2,1-3H3/t15-,16+/m0/s1. The van der Waals surface area contributed by atoms with E-state index in [2.05, 4.69) is 25.7 Å². The van der Waals surface area contributed by atoms with Crippen LogP contribution in [-0.2, 0) is 4.74 Å². The fraction of sp³-hybridized carbons (Fsp3) is 1.00. The Morgan fingerprint density at radius 1 is 1.11 bits per heavy atom. The first-order valence-corrected chi connectivity index (χ1v) is 8.44. The van der Waals surface area contributed by atoms with E-state index in [0.717, 1.165) is 25.0 Å². The van der Waals surface area contributed by atoms with Gasteiger partial charge in [-0.3, -0.25) is 0 Å². The second-order valence-electron chi connectivity index (χ2n) is 7.24. The lowest BCUT2D eigenvalue weighted by atomic mass is 9.55. The highest BCUT2D eigenvalue weighted by Gasteiger charge is 2.48. The first-order valence-electron chi connectivity index (χ1n) is 8.44. The van der Waals surface area contributed by atoms with Crippen LogP contribution < -0.4 is 0 Å². The van der Waals surface area contributed by atoms with Crippen molar-refractivity contribution in [2.75, 3.05) is 32.8 Å². The molecule has 2 heteroatoms. The monoisotopic (exact) mass is 267 g/mol. The van der Waals surface area contributed by atoms with Gasteiger partial charge in [0.05, 0.1) is 0 Å². The molecule has 1 saturated heterocycles. The van der Waals surface area contributed by atoms with E-state index in [4.69, 9.17) is 4.74 Å². The predicted octanol–water partition coefficient (Wildman–Crippen LogP) is 3.95. The van der Waals surface area contributed by atoms with E-state index >= 15 is 0 Å². The summed E-state index contributed by atoms with van der Waals surface area (Å²) in [6.07, 6.45) is 8.11. The van der Waals surface area contributed by atoms with Crippen molar-refractivity contribution in [2.24, 2.45) is 17.3 Å². The van der Waals surface area contributed by atoms with Crippen LogP contribution in [0.4, 0.5) is 0 Å². The molecule has 19 heavy (non-hydrogen) atoms. The predicted molar refractivity (Wildman–Crippen MR) is 81.4 cm³/mol. The van der Waals surface area contributed by atoms with Crippen LogP contribution in [-0.4, -0.2) is 37.7 Å². The highest BCUT2D eigenvalue weighted by atomic mass is 16.5. The molecule has 1 heterocycles. The molecule has 2 atom stereocenters. The van der Waals surface area contributed by atoms with Crippen molar-refractivity contribution in [3.8, 4) is 0 Å². The summed E-state index contributed by atoms with van der Waals surface area (Å²) in [6, 6.07) is 0. The SMILES string of the molecule is CCCCOC[C@H]1C[C@@H](CN2CCCCC2)C1(C)C. The van der Waals surface area contributed by atoms with Gasteiger partial charge in [0.15, 0.2) is 0 Å². The molecule has 2 aliphatic rings. The van der Waals surface area contributed by atoms with Crippen LogP contribution in [0.15, 0.2) is 0 Å². The van der Waals surface area contributed by atoms with Crippen LogP contribution in [0, 0.1) is 17.3 Å². The Kier molecular flexibility index (Phi) is 5.70. The second-order valence-corrected chi connectivity index (χ2v) is 7.24. The number of hydrogen-bond donors (Lipinski definition) is 0. The smallest absolute Gasteiger partial charge is 0.0499 e. The third-order valence-electron chi connectivity index (χ3n) is 5.56. The molecule has 2 fully saturated rings. The molecule has 0 amide bonds. The van der Waals surface area contributed by atoms with E-state index in [1.807, 2.05) is 0 Å². The second kappa shape index (κ2) is 7.08. The lowest BCUT2D eigenvalue weighted by Crippen LogP contribution is -2.52. The number of ether oxygens (including phenoxy) is 1. The number of rotatable bonds is 7. The van der Waals surface area contributed by atoms with E-state index in [1.54, 1.807) is 0 Å². The molecular formula is C17H33NO. The minimum absolute atomic E-state index is 0.490. The molecule has 0 aromatic heterocycles. The molecule has 0 aromatic rings. The molecule has 112 valence electrons. The van der Waals surface area contributed by atoms with Gasteiger partial charge in [-0.05, 0) is 56.0 Å². The van der Waals surface area contributed by atoms with E-state index < -0.39 is 0 Å². The number of likely N-dealkylation sites (tertiary alicyclic amines) is 1. The van der Waals surface area contributed by atoms with Gasteiger partial charge in [0.25, 0.3) is 0 Å². The summed E-state index contributed by atoms with van der Waals surface area (Å²) in [5, 5.41) is 0. The summed E-state index contributed by atoms with van der Waals surface area (Å²) in [5.41, 5.74) is 0.490. The Hall–Kier alpha value is -0.0800. The molecule has 0 aromatic carbocycles. The maximum Gasteiger partial charge on any atom is 0.0499 e. The van der Waals surface area contributed by atoms with Gasteiger partial charge in [-0.2, -0.15) is 0 Å². The lowest BCUT2D eigenvalue weighted by Gasteiger charge is -2.54. The Morgan fingerprint density at radius 3 is 2.47 bits per heavy atom. The average Bonchev–Trinajstić information content (AvgIpc) is 2.42. The van der Waals surface area contributed by atoms with Gasteiger partial charge in [0.1, 0.15) is 0 Å². The quantitative estimate of drug-likeness (QED) is 0.648. The van der Waals surface area contributed by atoms with E-state index in [-0.39, 0.29) is 0 Å². The van der Waals surface area contributed by atoms with E-state index in [1.165, 1.54) is 58.2 Å². The van der Waals surface area contributed by atoms with E-state index in [9.17, 15) is 0 Å². The van der Waals surface area contributed by atoms with Gasteiger partial charge in [0.2, 0.25) is 0 Å². The largest absolute Gasteiger partial charge is 0.381 e. The molecular weight excluding hydrogens is 234 g/mol. The molecule has 0 bridgehead atoms. The van der Waals surface area contributed by atoms with Crippen LogP contribution in [0.3, 0.4) is 0 Å². The van der Waals surface area contributed by atoms with Crippen LogP contribution in [0.2, 0.25) is 0 Å². The lowest BCUT2D eigenvalue weighted by molar-refractivity contribution is -0.0840. The Bertz CT molecular complexity index is 258. The Morgan fingerprint density at radius 2 is 1.84 bits per heavy atom. The maximum atomic E-state index is 5.84. The van der Waals surface area contributed by atoms with Gasteiger partial charge in [-0.25, -0.2) is 0 Å². The zero-order valence-corrected chi connectivity index (χ0v) is 13.3. The van der Waals surface area contributed by atoms with Gasteiger partial charge in [-0.15, -0.1) is 0 Å². The number of nitrogens with zero attached hydrogens (tertiary/aromatic N) is 1. The van der Waals surface area contributed by atoms with Crippen molar-refractivity contribution in [2.45, 2.75) is 59.3 Å². The Labute approximate surface area is 119 Å². The molecule has 1 aliphatic heterocycles.